The van der Waals surface area contributed by atoms with Gasteiger partial charge in [0, 0.05) is 6.07 Å². The number of aromatic nitrogens is 7. The maximum atomic E-state index is 4.15. The molecule has 0 unspecified atom stereocenters. The van der Waals surface area contributed by atoms with Gasteiger partial charge in [-0.25, -0.2) is 15.0 Å². The normalized spacial score (nSPS) is 10.9. The molecular weight excluding hydrogens is 182 g/mol. The van der Waals surface area contributed by atoms with E-state index in [2.05, 4.69) is 35.3 Å². The van der Waals surface area contributed by atoms with Gasteiger partial charge in [0.25, 0.3) is 0 Å². The van der Waals surface area contributed by atoms with Crippen LogP contribution in [0.3, 0.4) is 0 Å². The maximum Gasteiger partial charge on any atom is 0.183 e. The Morgan fingerprint density at radius 3 is 1.93 bits per heavy atom. The van der Waals surface area contributed by atoms with Gasteiger partial charge in [0.2, 0.25) is 0 Å². The Bertz CT molecular complexity index is 503. The van der Waals surface area contributed by atoms with Crippen molar-refractivity contribution in [2.24, 2.45) is 0 Å². The average Bonchev–Trinajstić information content (AvgIpc) is 2.26. The molecule has 0 radical (unpaired) electrons. The first kappa shape index (κ1) is 7.13. The zero-order valence-corrected chi connectivity index (χ0v) is 6.86. The van der Waals surface area contributed by atoms with Crippen molar-refractivity contribution in [3.8, 4) is 0 Å². The standard InChI is InChI=1S/C7H3N7/c1-4-6(8-2-10-13-4)12-7-5(1)14-11-3-9-7/h1-3H. The Morgan fingerprint density at radius 2 is 1.36 bits per heavy atom. The van der Waals surface area contributed by atoms with Gasteiger partial charge < -0.3 is 0 Å². The molecule has 0 amide bonds. The van der Waals surface area contributed by atoms with Crippen LogP contribution in [-0.4, -0.2) is 35.3 Å². The van der Waals surface area contributed by atoms with Gasteiger partial charge in [-0.3, -0.25) is 0 Å². The van der Waals surface area contributed by atoms with Crippen LogP contribution in [0.25, 0.3) is 22.3 Å². The van der Waals surface area contributed by atoms with E-state index in [1.54, 1.807) is 6.07 Å². The number of pyridine rings is 1. The third-order valence-corrected chi connectivity index (χ3v) is 1.74. The first-order valence-electron chi connectivity index (χ1n) is 3.85. The van der Waals surface area contributed by atoms with Gasteiger partial charge in [0.1, 0.15) is 23.7 Å². The van der Waals surface area contributed by atoms with Crippen molar-refractivity contribution < 1.29 is 0 Å². The van der Waals surface area contributed by atoms with Gasteiger partial charge in [0.15, 0.2) is 11.3 Å². The van der Waals surface area contributed by atoms with E-state index in [0.717, 1.165) is 0 Å². The largest absolute Gasteiger partial charge is 0.213 e. The van der Waals surface area contributed by atoms with Crippen LogP contribution in [0.1, 0.15) is 0 Å². The summed E-state index contributed by atoms with van der Waals surface area (Å²) in [5, 5.41) is 15.0. The maximum absolute atomic E-state index is 4.15. The quantitative estimate of drug-likeness (QED) is 0.446. The molecule has 0 N–H and O–H groups in total. The molecule has 0 fully saturated rings. The highest BCUT2D eigenvalue weighted by molar-refractivity contribution is 5.83. The number of hydrogen-bond acceptors (Lipinski definition) is 7. The molecule has 0 bridgehead atoms. The lowest BCUT2D eigenvalue weighted by molar-refractivity contribution is 0.990. The Balaban J connectivity index is 2.52. The Hall–Kier alpha value is -2.31. The van der Waals surface area contributed by atoms with Crippen LogP contribution in [0.4, 0.5) is 0 Å². The Morgan fingerprint density at radius 1 is 0.786 bits per heavy atom. The third-order valence-electron chi connectivity index (χ3n) is 1.74. The molecular formula is C7H3N7. The minimum absolute atomic E-state index is 0.507. The molecule has 3 aromatic rings. The molecule has 0 saturated heterocycles. The van der Waals surface area contributed by atoms with Crippen molar-refractivity contribution in [2.75, 3.05) is 0 Å². The molecule has 7 nitrogen and oxygen atoms in total. The highest BCUT2D eigenvalue weighted by Crippen LogP contribution is 2.09. The number of hydrogen-bond donors (Lipinski definition) is 0. The second-order valence-corrected chi connectivity index (χ2v) is 2.59. The Labute approximate surface area is 77.3 Å². The zero-order valence-electron chi connectivity index (χ0n) is 6.86. The molecule has 0 aliphatic rings. The summed E-state index contributed by atoms with van der Waals surface area (Å²) in [6.45, 7) is 0. The molecule has 0 spiro atoms. The van der Waals surface area contributed by atoms with Gasteiger partial charge in [-0.15, -0.1) is 20.4 Å². The lowest BCUT2D eigenvalue weighted by Gasteiger charge is -1.95. The van der Waals surface area contributed by atoms with Crippen molar-refractivity contribution >= 4 is 22.3 Å². The van der Waals surface area contributed by atoms with Gasteiger partial charge in [-0.2, -0.15) is 0 Å². The van der Waals surface area contributed by atoms with E-state index in [1.165, 1.54) is 12.7 Å². The van der Waals surface area contributed by atoms with Crippen LogP contribution in [0.5, 0.6) is 0 Å². The van der Waals surface area contributed by atoms with Crippen molar-refractivity contribution in [3.05, 3.63) is 18.7 Å². The summed E-state index contributed by atoms with van der Waals surface area (Å²) >= 11 is 0. The highest BCUT2D eigenvalue weighted by Gasteiger charge is 2.02. The molecule has 0 atom stereocenters. The van der Waals surface area contributed by atoms with Gasteiger partial charge in [0.05, 0.1) is 0 Å². The molecule has 66 valence electrons. The van der Waals surface area contributed by atoms with Crippen molar-refractivity contribution in [1.29, 1.82) is 0 Å². The fourth-order valence-electron chi connectivity index (χ4n) is 1.15. The van der Waals surface area contributed by atoms with Crippen molar-refractivity contribution in [2.45, 2.75) is 0 Å². The van der Waals surface area contributed by atoms with Crippen LogP contribution in [0, 0.1) is 0 Å². The fourth-order valence-corrected chi connectivity index (χ4v) is 1.15. The van der Waals surface area contributed by atoms with E-state index in [-0.39, 0.29) is 0 Å². The fraction of sp³-hybridized carbons (Fsp3) is 0. The highest BCUT2D eigenvalue weighted by atomic mass is 15.2. The molecule has 14 heavy (non-hydrogen) atoms. The molecule has 3 rings (SSSR count). The van der Waals surface area contributed by atoms with E-state index in [9.17, 15) is 0 Å². The topological polar surface area (TPSA) is 90.2 Å². The van der Waals surface area contributed by atoms with Gasteiger partial charge in [-0.1, -0.05) is 0 Å². The minimum Gasteiger partial charge on any atom is -0.213 e. The second kappa shape index (κ2) is 2.59. The first-order valence-corrected chi connectivity index (χ1v) is 3.85. The molecule has 0 aromatic carbocycles. The smallest absolute Gasteiger partial charge is 0.183 e. The summed E-state index contributed by atoms with van der Waals surface area (Å²) in [6.07, 6.45) is 2.69. The minimum atomic E-state index is 0.507. The third kappa shape index (κ3) is 0.954. The summed E-state index contributed by atoms with van der Waals surface area (Å²) in [6, 6.07) is 1.71. The predicted octanol–water partition coefficient (Wildman–Crippen LogP) is -0.242. The van der Waals surface area contributed by atoms with Crippen molar-refractivity contribution in [1.82, 2.24) is 35.3 Å². The Kier molecular flexibility index (Phi) is 1.32. The van der Waals surface area contributed by atoms with Crippen LogP contribution in [0.15, 0.2) is 18.7 Å². The van der Waals surface area contributed by atoms with E-state index in [4.69, 9.17) is 0 Å². The molecule has 3 aromatic heterocycles. The first-order chi connectivity index (χ1) is 6.93. The van der Waals surface area contributed by atoms with Crippen LogP contribution < -0.4 is 0 Å². The monoisotopic (exact) mass is 185 g/mol. The number of nitrogens with zero attached hydrogens (tertiary/aromatic N) is 7. The van der Waals surface area contributed by atoms with E-state index in [1.807, 2.05) is 0 Å². The molecule has 0 aliphatic heterocycles. The lowest BCUT2D eigenvalue weighted by atomic mass is 10.4. The van der Waals surface area contributed by atoms with Gasteiger partial charge >= 0.3 is 0 Å². The van der Waals surface area contributed by atoms with Crippen LogP contribution >= 0.6 is 0 Å². The second-order valence-electron chi connectivity index (χ2n) is 2.59. The number of fused-ring (bicyclic) bond motifs is 2. The lowest BCUT2D eigenvalue weighted by Crippen LogP contribution is -1.94. The van der Waals surface area contributed by atoms with Crippen LogP contribution in [-0.2, 0) is 0 Å². The SMILES string of the molecule is c1nnc2cc3nncnc3nc2n1. The summed E-state index contributed by atoms with van der Waals surface area (Å²) in [5.74, 6) is 0. The molecule has 0 aliphatic carbocycles. The summed E-state index contributed by atoms with van der Waals surface area (Å²) in [7, 11) is 0. The zero-order chi connectivity index (χ0) is 9.38. The van der Waals surface area contributed by atoms with Crippen molar-refractivity contribution in [3.63, 3.8) is 0 Å². The average molecular weight is 185 g/mol. The summed E-state index contributed by atoms with van der Waals surface area (Å²) in [5.41, 5.74) is 2.19. The van der Waals surface area contributed by atoms with Crippen LogP contribution in [0.2, 0.25) is 0 Å². The van der Waals surface area contributed by atoms with Gasteiger partial charge in [-0.05, 0) is 0 Å². The number of rotatable bonds is 0. The summed E-state index contributed by atoms with van der Waals surface area (Å²) < 4.78 is 0. The van der Waals surface area contributed by atoms with E-state index < -0.39 is 0 Å². The van der Waals surface area contributed by atoms with E-state index in [0.29, 0.717) is 22.3 Å². The molecule has 3 heterocycles. The van der Waals surface area contributed by atoms with E-state index >= 15 is 0 Å². The predicted molar refractivity (Wildman–Crippen MR) is 46.0 cm³/mol. The summed E-state index contributed by atoms with van der Waals surface area (Å²) in [4.78, 5) is 12.1. The molecule has 7 heteroatoms. The molecule has 0 saturated carbocycles.